The highest BCUT2D eigenvalue weighted by atomic mass is 16.3. The van der Waals surface area contributed by atoms with Gasteiger partial charge in [0.1, 0.15) is 12.0 Å². The summed E-state index contributed by atoms with van der Waals surface area (Å²) in [7, 11) is 1.84. The second kappa shape index (κ2) is 7.94. The predicted octanol–water partition coefficient (Wildman–Crippen LogP) is 2.64. The fraction of sp³-hybridized carbons (Fsp3) is 0.435. The Bertz CT molecular complexity index is 1030. The number of carbonyl (C=O) groups is 3. The third kappa shape index (κ3) is 3.66. The summed E-state index contributed by atoms with van der Waals surface area (Å²) in [4.78, 5) is 39.2. The zero-order chi connectivity index (χ0) is 21.5. The highest BCUT2D eigenvalue weighted by molar-refractivity contribution is 6.13. The number of Topliss-reactive ketones (excluding diaryl/α,β-unsaturated/α-hetero) is 1. The van der Waals surface area contributed by atoms with Crippen LogP contribution in [-0.4, -0.2) is 36.1 Å². The molecule has 0 radical (unpaired) electrons. The van der Waals surface area contributed by atoms with E-state index in [1.165, 1.54) is 6.26 Å². The minimum Gasteiger partial charge on any atom is -0.466 e. The Morgan fingerprint density at radius 2 is 1.90 bits per heavy atom. The van der Waals surface area contributed by atoms with Crippen LogP contribution in [0.4, 0.5) is 5.69 Å². The third-order valence-corrected chi connectivity index (χ3v) is 6.68. The van der Waals surface area contributed by atoms with Crippen LogP contribution in [-0.2, 0) is 11.3 Å². The summed E-state index contributed by atoms with van der Waals surface area (Å²) in [6, 6.07) is 7.71. The van der Waals surface area contributed by atoms with Crippen molar-refractivity contribution in [1.29, 1.82) is 0 Å². The summed E-state index contributed by atoms with van der Waals surface area (Å²) in [6.07, 6.45) is 5.58. The Morgan fingerprint density at radius 3 is 2.71 bits per heavy atom. The number of carbonyl (C=O) groups excluding carboxylic acids is 3. The van der Waals surface area contributed by atoms with Gasteiger partial charge in [-0.05, 0) is 43.5 Å². The average molecular weight is 422 g/mol. The Kier molecular flexibility index (Phi) is 5.11. The number of anilines is 1. The van der Waals surface area contributed by atoms with Crippen molar-refractivity contribution >= 4 is 23.3 Å². The van der Waals surface area contributed by atoms with Crippen LogP contribution in [0.1, 0.15) is 63.8 Å². The number of nitrogens with one attached hydrogen (secondary N) is 3. The van der Waals surface area contributed by atoms with Crippen LogP contribution in [0, 0.1) is 11.8 Å². The maximum absolute atomic E-state index is 12.8. The van der Waals surface area contributed by atoms with Gasteiger partial charge in [-0.2, -0.15) is 0 Å². The molecule has 2 aromatic rings. The monoisotopic (exact) mass is 422 g/mol. The highest BCUT2D eigenvalue weighted by Crippen LogP contribution is 2.40. The number of hydrogen-bond donors (Lipinski definition) is 3. The Balaban J connectivity index is 1.31. The molecule has 1 saturated heterocycles. The van der Waals surface area contributed by atoms with Crippen molar-refractivity contribution < 1.29 is 18.8 Å². The SMILES string of the molecule is CN1CC(=O)c2c(C(=O)Nc3ccc(C4NNC(=O)C5CCCCC54)cc3)coc2C1. The molecule has 3 atom stereocenters. The van der Waals surface area contributed by atoms with Crippen molar-refractivity contribution in [2.45, 2.75) is 38.3 Å². The van der Waals surface area contributed by atoms with E-state index < -0.39 is 0 Å². The fourth-order valence-corrected chi connectivity index (χ4v) is 5.15. The molecule has 3 heterocycles. The van der Waals surface area contributed by atoms with E-state index in [4.69, 9.17) is 4.42 Å². The average Bonchev–Trinajstić information content (AvgIpc) is 3.19. The number of hydrazine groups is 1. The van der Waals surface area contributed by atoms with E-state index >= 15 is 0 Å². The summed E-state index contributed by atoms with van der Waals surface area (Å²) >= 11 is 0. The molecule has 3 aliphatic rings. The van der Waals surface area contributed by atoms with Crippen LogP contribution in [0.15, 0.2) is 34.9 Å². The number of rotatable bonds is 3. The van der Waals surface area contributed by atoms with Crippen molar-refractivity contribution in [1.82, 2.24) is 15.8 Å². The Hall–Kier alpha value is -2.97. The second-order valence-corrected chi connectivity index (χ2v) is 8.79. The standard InChI is InChI=1S/C23H26N4O4/c1-27-10-18(28)20-17(12-31-19(20)11-27)22(29)24-14-8-6-13(7-9-14)21-15-4-2-3-5-16(15)23(30)26-25-21/h6-9,12,15-16,21,25H,2-5,10-11H2,1H3,(H,24,29)(H,26,30). The van der Waals surface area contributed by atoms with E-state index in [1.807, 2.05) is 36.2 Å². The molecule has 31 heavy (non-hydrogen) atoms. The number of hydrogen-bond acceptors (Lipinski definition) is 6. The van der Waals surface area contributed by atoms with E-state index in [0.29, 0.717) is 23.6 Å². The smallest absolute Gasteiger partial charge is 0.259 e. The van der Waals surface area contributed by atoms with Gasteiger partial charge in [0.15, 0.2) is 5.78 Å². The first kappa shape index (κ1) is 20.0. The Labute approximate surface area is 180 Å². The number of benzene rings is 1. The molecule has 1 aromatic heterocycles. The minimum atomic E-state index is -0.356. The largest absolute Gasteiger partial charge is 0.466 e. The summed E-state index contributed by atoms with van der Waals surface area (Å²) in [5, 5.41) is 2.86. The number of furan rings is 1. The van der Waals surface area contributed by atoms with E-state index in [9.17, 15) is 14.4 Å². The van der Waals surface area contributed by atoms with Crippen LogP contribution in [0.2, 0.25) is 0 Å². The molecular formula is C23H26N4O4. The van der Waals surface area contributed by atoms with Gasteiger partial charge in [0.05, 0.1) is 30.3 Å². The summed E-state index contributed by atoms with van der Waals surface area (Å²) < 4.78 is 5.48. The van der Waals surface area contributed by atoms with E-state index in [-0.39, 0.29) is 47.6 Å². The van der Waals surface area contributed by atoms with Crippen LogP contribution in [0.25, 0.3) is 0 Å². The lowest BCUT2D eigenvalue weighted by molar-refractivity contribution is -0.133. The third-order valence-electron chi connectivity index (χ3n) is 6.68. The van der Waals surface area contributed by atoms with Gasteiger partial charge in [-0.25, -0.2) is 5.43 Å². The predicted molar refractivity (Wildman–Crippen MR) is 113 cm³/mol. The van der Waals surface area contributed by atoms with Crippen LogP contribution >= 0.6 is 0 Å². The normalized spacial score (nSPS) is 26.0. The summed E-state index contributed by atoms with van der Waals surface area (Å²) in [5.41, 5.74) is 8.38. The van der Waals surface area contributed by atoms with Crippen molar-refractivity contribution in [3.8, 4) is 0 Å². The quantitative estimate of drug-likeness (QED) is 0.703. The van der Waals surface area contributed by atoms with Gasteiger partial charge in [-0.3, -0.25) is 24.7 Å². The first-order valence-corrected chi connectivity index (χ1v) is 10.8. The molecule has 3 N–H and O–H groups in total. The molecule has 5 rings (SSSR count). The van der Waals surface area contributed by atoms with Crippen LogP contribution < -0.4 is 16.2 Å². The van der Waals surface area contributed by atoms with Gasteiger partial charge < -0.3 is 9.73 Å². The van der Waals surface area contributed by atoms with Gasteiger partial charge in [-0.15, -0.1) is 0 Å². The molecular weight excluding hydrogens is 396 g/mol. The number of likely N-dealkylation sites (N-methyl/N-ethyl adjacent to an activating group) is 1. The van der Waals surface area contributed by atoms with Gasteiger partial charge in [-0.1, -0.05) is 25.0 Å². The first-order chi connectivity index (χ1) is 15.0. The summed E-state index contributed by atoms with van der Waals surface area (Å²) in [5.74, 6) is 0.505. The second-order valence-electron chi connectivity index (χ2n) is 8.79. The molecule has 162 valence electrons. The maximum Gasteiger partial charge on any atom is 0.259 e. The van der Waals surface area contributed by atoms with Crippen LogP contribution in [0.5, 0.6) is 0 Å². The molecule has 1 aromatic carbocycles. The van der Waals surface area contributed by atoms with Gasteiger partial charge >= 0.3 is 0 Å². The van der Waals surface area contributed by atoms with Gasteiger partial charge in [0, 0.05) is 11.6 Å². The van der Waals surface area contributed by atoms with Crippen LogP contribution in [0.3, 0.4) is 0 Å². The molecule has 1 saturated carbocycles. The van der Waals surface area contributed by atoms with Gasteiger partial charge in [0.25, 0.3) is 5.91 Å². The van der Waals surface area contributed by atoms with E-state index in [1.54, 1.807) is 0 Å². The zero-order valence-corrected chi connectivity index (χ0v) is 17.4. The van der Waals surface area contributed by atoms with Gasteiger partial charge in [0.2, 0.25) is 5.91 Å². The lowest BCUT2D eigenvalue weighted by atomic mass is 9.72. The summed E-state index contributed by atoms with van der Waals surface area (Å²) in [6.45, 7) is 0.782. The van der Waals surface area contributed by atoms with Crippen molar-refractivity contribution in [2.75, 3.05) is 18.9 Å². The van der Waals surface area contributed by atoms with Crippen molar-refractivity contribution in [3.63, 3.8) is 0 Å². The molecule has 3 unspecified atom stereocenters. The maximum atomic E-state index is 12.8. The fourth-order valence-electron chi connectivity index (χ4n) is 5.15. The molecule has 2 amide bonds. The number of nitrogens with zero attached hydrogens (tertiary/aromatic N) is 1. The van der Waals surface area contributed by atoms with E-state index in [0.717, 1.165) is 31.2 Å². The van der Waals surface area contributed by atoms with Crippen molar-refractivity contribution in [3.05, 3.63) is 53.0 Å². The zero-order valence-electron chi connectivity index (χ0n) is 17.4. The molecule has 8 heteroatoms. The minimum absolute atomic E-state index is 0.0585. The van der Waals surface area contributed by atoms with E-state index in [2.05, 4.69) is 16.2 Å². The molecule has 2 fully saturated rings. The molecule has 0 spiro atoms. The molecule has 0 bridgehead atoms. The Morgan fingerprint density at radius 1 is 1.13 bits per heavy atom. The first-order valence-electron chi connectivity index (χ1n) is 10.8. The number of fused-ring (bicyclic) bond motifs is 2. The highest BCUT2D eigenvalue weighted by Gasteiger charge is 2.40. The lowest BCUT2D eigenvalue weighted by Crippen LogP contribution is -2.55. The van der Waals surface area contributed by atoms with Crippen molar-refractivity contribution in [2.24, 2.45) is 11.8 Å². The molecule has 1 aliphatic carbocycles. The number of amides is 2. The topological polar surface area (TPSA) is 104 Å². The molecule has 2 aliphatic heterocycles. The lowest BCUT2D eigenvalue weighted by Gasteiger charge is -2.41. The molecule has 8 nitrogen and oxygen atoms in total. The number of ketones is 1.